The molecule has 0 atom stereocenters. The number of anilines is 1. The number of aromatic nitrogens is 1. The van der Waals surface area contributed by atoms with E-state index in [0.29, 0.717) is 0 Å². The van der Waals surface area contributed by atoms with Gasteiger partial charge in [0.1, 0.15) is 0 Å². The first-order chi connectivity index (χ1) is 7.65. The van der Waals surface area contributed by atoms with Gasteiger partial charge in [-0.2, -0.15) is 0 Å². The van der Waals surface area contributed by atoms with Crippen molar-refractivity contribution < 1.29 is 0 Å². The van der Waals surface area contributed by atoms with Crippen molar-refractivity contribution in [3.63, 3.8) is 0 Å². The Hall–Kier alpha value is -0.550. The topological polar surface area (TPSA) is 24.9 Å². The lowest BCUT2D eigenvalue weighted by atomic mass is 10.1. The normalized spacial score (nSPS) is 10.8. The van der Waals surface area contributed by atoms with Crippen LogP contribution in [-0.2, 0) is 6.42 Å². The van der Waals surface area contributed by atoms with E-state index in [2.05, 4.69) is 45.9 Å². The van der Waals surface area contributed by atoms with E-state index in [9.17, 15) is 0 Å². The molecule has 1 heterocycles. The highest BCUT2D eigenvalue weighted by atomic mass is 127. The first kappa shape index (κ1) is 11.9. The molecule has 0 radical (unpaired) electrons. The number of nitrogens with zero attached hydrogens (tertiary/aromatic N) is 1. The van der Waals surface area contributed by atoms with Crippen LogP contribution in [0.2, 0.25) is 5.02 Å². The van der Waals surface area contributed by atoms with Crippen molar-refractivity contribution in [2.24, 2.45) is 0 Å². The molecule has 0 amide bonds. The molecule has 0 aliphatic carbocycles. The van der Waals surface area contributed by atoms with E-state index in [0.717, 1.165) is 37.3 Å². The Balaban J connectivity index is 2.83. The van der Waals surface area contributed by atoms with Crippen LogP contribution in [0.3, 0.4) is 0 Å². The number of halogens is 2. The number of aryl methyl sites for hydroxylation is 1. The Morgan fingerprint density at radius 2 is 2.12 bits per heavy atom. The van der Waals surface area contributed by atoms with Gasteiger partial charge in [0, 0.05) is 32.4 Å². The minimum Gasteiger partial charge on any atom is -0.388 e. The van der Waals surface area contributed by atoms with Gasteiger partial charge in [-0.1, -0.05) is 18.5 Å². The second-order valence-corrected chi connectivity index (χ2v) is 5.15. The maximum Gasteiger partial charge on any atom is 0.0860 e. The van der Waals surface area contributed by atoms with Gasteiger partial charge in [0.15, 0.2) is 0 Å². The van der Waals surface area contributed by atoms with Gasteiger partial charge in [-0.05, 0) is 47.2 Å². The molecule has 0 aliphatic rings. The SMILES string of the molecule is CCc1cc(NC)c2cc(Cl)cc(I)c2n1. The number of rotatable bonds is 2. The number of hydrogen-bond donors (Lipinski definition) is 1. The zero-order chi connectivity index (χ0) is 11.7. The van der Waals surface area contributed by atoms with Gasteiger partial charge in [-0.3, -0.25) is 4.98 Å². The van der Waals surface area contributed by atoms with E-state index in [-0.39, 0.29) is 0 Å². The fourth-order valence-corrected chi connectivity index (χ4v) is 2.84. The second-order valence-electron chi connectivity index (χ2n) is 3.55. The van der Waals surface area contributed by atoms with Crippen molar-refractivity contribution in [3.05, 3.63) is 32.5 Å². The van der Waals surface area contributed by atoms with Gasteiger partial charge in [0.25, 0.3) is 0 Å². The third-order valence-electron chi connectivity index (χ3n) is 2.52. The van der Waals surface area contributed by atoms with Gasteiger partial charge in [0.05, 0.1) is 5.52 Å². The summed E-state index contributed by atoms with van der Waals surface area (Å²) in [6.45, 7) is 2.11. The summed E-state index contributed by atoms with van der Waals surface area (Å²) >= 11 is 8.34. The van der Waals surface area contributed by atoms with Crippen molar-refractivity contribution in [3.8, 4) is 0 Å². The van der Waals surface area contributed by atoms with Crippen molar-refractivity contribution in [1.29, 1.82) is 0 Å². The molecule has 0 saturated carbocycles. The summed E-state index contributed by atoms with van der Waals surface area (Å²) in [7, 11) is 1.92. The zero-order valence-electron chi connectivity index (χ0n) is 9.14. The summed E-state index contributed by atoms with van der Waals surface area (Å²) < 4.78 is 1.09. The van der Waals surface area contributed by atoms with Crippen LogP contribution in [0, 0.1) is 3.57 Å². The van der Waals surface area contributed by atoms with Gasteiger partial charge in [-0.15, -0.1) is 0 Å². The molecule has 1 aromatic carbocycles. The lowest BCUT2D eigenvalue weighted by molar-refractivity contribution is 1.06. The molecule has 2 rings (SSSR count). The Labute approximate surface area is 114 Å². The Morgan fingerprint density at radius 3 is 2.75 bits per heavy atom. The Kier molecular flexibility index (Phi) is 3.54. The molecule has 0 aliphatic heterocycles. The maximum absolute atomic E-state index is 6.07. The van der Waals surface area contributed by atoms with Crippen LogP contribution in [0.1, 0.15) is 12.6 Å². The second kappa shape index (κ2) is 4.75. The average molecular weight is 347 g/mol. The number of pyridine rings is 1. The molecule has 0 bridgehead atoms. The predicted molar refractivity (Wildman–Crippen MR) is 78.4 cm³/mol. The van der Waals surface area contributed by atoms with Gasteiger partial charge in [-0.25, -0.2) is 0 Å². The minimum absolute atomic E-state index is 0.749. The molecule has 2 aromatic rings. The van der Waals surface area contributed by atoms with Crippen LogP contribution in [0.4, 0.5) is 5.69 Å². The fourth-order valence-electron chi connectivity index (χ4n) is 1.69. The molecule has 0 spiro atoms. The van der Waals surface area contributed by atoms with E-state index < -0.39 is 0 Å². The monoisotopic (exact) mass is 346 g/mol. The predicted octanol–water partition coefficient (Wildman–Crippen LogP) is 4.10. The third kappa shape index (κ3) is 2.11. The van der Waals surface area contributed by atoms with Gasteiger partial charge in [0.2, 0.25) is 0 Å². The van der Waals surface area contributed by atoms with Crippen LogP contribution >= 0.6 is 34.2 Å². The van der Waals surface area contributed by atoms with Crippen LogP contribution in [0.15, 0.2) is 18.2 Å². The molecule has 4 heteroatoms. The smallest absolute Gasteiger partial charge is 0.0860 e. The van der Waals surface area contributed by atoms with Crippen molar-refractivity contribution in [1.82, 2.24) is 4.98 Å². The number of nitrogens with one attached hydrogen (secondary N) is 1. The van der Waals surface area contributed by atoms with E-state index in [1.54, 1.807) is 0 Å². The van der Waals surface area contributed by atoms with E-state index in [1.807, 2.05) is 19.2 Å². The van der Waals surface area contributed by atoms with E-state index in [1.165, 1.54) is 0 Å². The largest absolute Gasteiger partial charge is 0.388 e. The zero-order valence-corrected chi connectivity index (χ0v) is 12.1. The van der Waals surface area contributed by atoms with Gasteiger partial charge < -0.3 is 5.32 Å². The molecule has 2 nitrogen and oxygen atoms in total. The summed E-state index contributed by atoms with van der Waals surface area (Å²) in [5.41, 5.74) is 3.20. The fraction of sp³-hybridized carbons (Fsp3) is 0.250. The summed E-state index contributed by atoms with van der Waals surface area (Å²) in [4.78, 5) is 4.64. The number of benzene rings is 1. The van der Waals surface area contributed by atoms with Crippen LogP contribution in [0.25, 0.3) is 10.9 Å². The van der Waals surface area contributed by atoms with Crippen molar-refractivity contribution in [2.75, 3.05) is 12.4 Å². The first-order valence-corrected chi connectivity index (χ1v) is 6.57. The van der Waals surface area contributed by atoms with Gasteiger partial charge >= 0.3 is 0 Å². The Bertz CT molecular complexity index is 540. The lowest BCUT2D eigenvalue weighted by Crippen LogP contribution is -1.97. The van der Waals surface area contributed by atoms with E-state index >= 15 is 0 Å². The third-order valence-corrected chi connectivity index (χ3v) is 3.56. The quantitative estimate of drug-likeness (QED) is 0.828. The standard InChI is InChI=1S/C12H12ClIN2/c1-3-8-6-11(15-2)9-4-7(13)5-10(14)12(9)16-8/h4-6H,3H2,1-2H3,(H,15,16). The summed E-state index contributed by atoms with van der Waals surface area (Å²) in [6, 6.07) is 5.97. The van der Waals surface area contributed by atoms with Crippen molar-refractivity contribution in [2.45, 2.75) is 13.3 Å². The van der Waals surface area contributed by atoms with Crippen LogP contribution in [0.5, 0.6) is 0 Å². The molecule has 0 fully saturated rings. The highest BCUT2D eigenvalue weighted by Gasteiger charge is 2.08. The highest BCUT2D eigenvalue weighted by molar-refractivity contribution is 14.1. The Morgan fingerprint density at radius 1 is 1.38 bits per heavy atom. The lowest BCUT2D eigenvalue weighted by Gasteiger charge is -2.10. The molecule has 0 unspecified atom stereocenters. The summed E-state index contributed by atoms with van der Waals surface area (Å²) in [6.07, 6.45) is 0.934. The maximum atomic E-state index is 6.07. The molecule has 1 N–H and O–H groups in total. The minimum atomic E-state index is 0.749. The van der Waals surface area contributed by atoms with E-state index in [4.69, 9.17) is 11.6 Å². The molecular formula is C12H12ClIN2. The summed E-state index contributed by atoms with van der Waals surface area (Å²) in [5, 5.41) is 5.03. The summed E-state index contributed by atoms with van der Waals surface area (Å²) in [5.74, 6) is 0. The molecule has 84 valence electrons. The first-order valence-electron chi connectivity index (χ1n) is 5.12. The highest BCUT2D eigenvalue weighted by Crippen LogP contribution is 2.30. The number of hydrogen-bond acceptors (Lipinski definition) is 2. The average Bonchev–Trinajstić information content (AvgIpc) is 2.28. The molecule has 0 saturated heterocycles. The number of fused-ring (bicyclic) bond motifs is 1. The molecule has 16 heavy (non-hydrogen) atoms. The molecule has 1 aromatic heterocycles. The van der Waals surface area contributed by atoms with Crippen LogP contribution in [-0.4, -0.2) is 12.0 Å². The molecular weight excluding hydrogens is 335 g/mol. The van der Waals surface area contributed by atoms with Crippen molar-refractivity contribution >= 4 is 50.8 Å². The van der Waals surface area contributed by atoms with Crippen LogP contribution < -0.4 is 5.32 Å².